The largest absolute Gasteiger partial charge is 1.00 e. The fourth-order valence-corrected chi connectivity index (χ4v) is 1.49. The Labute approximate surface area is 152 Å². The molecule has 0 N–H and O–H groups in total. The molecule has 6 heteroatoms. The molecule has 1 atom stereocenters. The summed E-state index contributed by atoms with van der Waals surface area (Å²) in [6.07, 6.45) is 0.795. The Morgan fingerprint density at radius 3 is 2.28 bits per heavy atom. The van der Waals surface area contributed by atoms with E-state index in [0.717, 1.165) is 13.5 Å². The number of rotatable bonds is 0. The molecule has 1 aliphatic rings. The standard InChI is InChI=1S/C11H19NO3.CH3O.K/c1-8-5-6-12(9(13)7-8)10(14)15-11(2,3)4;1-2;/h8H,5-7H2,1-4H3;1H3;/q;-1;+1/t8-;;/m0../s1. The van der Waals surface area contributed by atoms with Crippen molar-refractivity contribution in [1.82, 2.24) is 4.90 Å². The summed E-state index contributed by atoms with van der Waals surface area (Å²) in [6.45, 7) is 7.88. The van der Waals surface area contributed by atoms with Gasteiger partial charge in [-0.25, -0.2) is 9.69 Å². The van der Waals surface area contributed by atoms with Crippen LogP contribution in [0.2, 0.25) is 0 Å². The van der Waals surface area contributed by atoms with Crippen LogP contribution in [0.4, 0.5) is 4.79 Å². The Balaban J connectivity index is 0. The van der Waals surface area contributed by atoms with Gasteiger partial charge in [-0.15, -0.1) is 0 Å². The molecule has 1 fully saturated rings. The maximum atomic E-state index is 11.6. The van der Waals surface area contributed by atoms with E-state index < -0.39 is 11.7 Å². The van der Waals surface area contributed by atoms with Crippen LogP contribution in [-0.2, 0) is 9.53 Å². The number of likely N-dealkylation sites (tertiary alicyclic amines) is 1. The molecule has 0 aromatic heterocycles. The predicted octanol–water partition coefficient (Wildman–Crippen LogP) is -1.84. The van der Waals surface area contributed by atoms with Gasteiger partial charge in [-0.1, -0.05) is 6.92 Å². The van der Waals surface area contributed by atoms with Gasteiger partial charge in [0.15, 0.2) is 0 Å². The monoisotopic (exact) mass is 283 g/mol. The summed E-state index contributed by atoms with van der Waals surface area (Å²) in [5.41, 5.74) is -0.541. The first-order valence-corrected chi connectivity index (χ1v) is 5.74. The van der Waals surface area contributed by atoms with Crippen molar-refractivity contribution in [3.8, 4) is 0 Å². The maximum Gasteiger partial charge on any atom is 1.00 e. The minimum atomic E-state index is -0.541. The van der Waals surface area contributed by atoms with E-state index in [1.807, 2.05) is 6.92 Å². The van der Waals surface area contributed by atoms with Crippen LogP contribution in [0.25, 0.3) is 0 Å². The molecular formula is C12H22KNO4. The van der Waals surface area contributed by atoms with Crippen molar-refractivity contribution in [2.24, 2.45) is 5.92 Å². The quantitative estimate of drug-likeness (QED) is 0.490. The van der Waals surface area contributed by atoms with Crippen LogP contribution in [-0.4, -0.2) is 36.2 Å². The van der Waals surface area contributed by atoms with Crippen LogP contribution in [0, 0.1) is 5.92 Å². The molecule has 1 saturated heterocycles. The van der Waals surface area contributed by atoms with Crippen LogP contribution >= 0.6 is 0 Å². The van der Waals surface area contributed by atoms with Gasteiger partial charge in [0.05, 0.1) is 0 Å². The van der Waals surface area contributed by atoms with Crippen LogP contribution < -0.4 is 56.5 Å². The summed E-state index contributed by atoms with van der Waals surface area (Å²) in [5, 5.41) is 8.25. The Morgan fingerprint density at radius 1 is 1.39 bits per heavy atom. The van der Waals surface area contributed by atoms with E-state index in [-0.39, 0.29) is 57.3 Å². The average Bonchev–Trinajstić information content (AvgIpc) is 2.17. The smallest absolute Gasteiger partial charge is 0.857 e. The molecule has 0 aromatic rings. The molecule has 0 aliphatic carbocycles. The number of hydrogen-bond donors (Lipinski definition) is 0. The number of ether oxygens (including phenoxy) is 1. The van der Waals surface area contributed by atoms with Crippen molar-refractivity contribution >= 4 is 12.0 Å². The SMILES string of the molecule is C[C@H]1CCN(C(=O)OC(C)(C)C)C(=O)C1.C[O-].[K+]. The maximum absolute atomic E-state index is 11.6. The molecule has 0 radical (unpaired) electrons. The number of nitrogens with zero attached hydrogens (tertiary/aromatic N) is 1. The summed E-state index contributed by atoms with van der Waals surface area (Å²) in [7, 11) is 0.750. The molecule has 0 unspecified atom stereocenters. The van der Waals surface area contributed by atoms with Gasteiger partial charge in [0.25, 0.3) is 0 Å². The summed E-state index contributed by atoms with van der Waals surface area (Å²) < 4.78 is 5.15. The molecule has 0 aromatic carbocycles. The van der Waals surface area contributed by atoms with Gasteiger partial charge in [0, 0.05) is 13.0 Å². The second-order valence-electron chi connectivity index (χ2n) is 5.12. The van der Waals surface area contributed by atoms with Crippen molar-refractivity contribution in [2.45, 2.75) is 46.1 Å². The van der Waals surface area contributed by atoms with E-state index in [2.05, 4.69) is 0 Å². The minimum absolute atomic E-state index is 0. The van der Waals surface area contributed by atoms with Gasteiger partial charge in [-0.2, -0.15) is 7.11 Å². The Hall–Kier alpha value is 0.536. The fraction of sp³-hybridized carbons (Fsp3) is 0.833. The van der Waals surface area contributed by atoms with Gasteiger partial charge in [-0.05, 0) is 33.1 Å². The van der Waals surface area contributed by atoms with Crippen molar-refractivity contribution in [2.75, 3.05) is 13.7 Å². The zero-order valence-electron chi connectivity index (χ0n) is 12.3. The van der Waals surface area contributed by atoms with Gasteiger partial charge in [0.1, 0.15) is 5.60 Å². The van der Waals surface area contributed by atoms with Gasteiger partial charge in [0.2, 0.25) is 5.91 Å². The van der Waals surface area contributed by atoms with E-state index in [4.69, 9.17) is 9.84 Å². The molecule has 1 aliphatic heterocycles. The molecule has 0 spiro atoms. The summed E-state index contributed by atoms with van der Waals surface area (Å²) in [6, 6.07) is 0. The number of hydrogen-bond acceptors (Lipinski definition) is 4. The Morgan fingerprint density at radius 2 is 1.89 bits per heavy atom. The number of amides is 2. The van der Waals surface area contributed by atoms with E-state index in [1.165, 1.54) is 4.90 Å². The normalized spacial score (nSPS) is 19.3. The van der Waals surface area contributed by atoms with Crippen LogP contribution in [0.5, 0.6) is 0 Å². The van der Waals surface area contributed by atoms with E-state index in [1.54, 1.807) is 20.8 Å². The second-order valence-corrected chi connectivity index (χ2v) is 5.12. The molecular weight excluding hydrogens is 261 g/mol. The number of carbonyl (C=O) groups is 2. The van der Waals surface area contributed by atoms with E-state index >= 15 is 0 Å². The number of carbonyl (C=O) groups excluding carboxylic acids is 2. The number of piperidine rings is 1. The zero-order chi connectivity index (χ0) is 13.6. The van der Waals surface area contributed by atoms with Crippen molar-refractivity contribution < 1.29 is 70.8 Å². The molecule has 0 saturated carbocycles. The zero-order valence-corrected chi connectivity index (χ0v) is 15.4. The average molecular weight is 283 g/mol. The van der Waals surface area contributed by atoms with Crippen LogP contribution in [0.15, 0.2) is 0 Å². The van der Waals surface area contributed by atoms with Gasteiger partial charge < -0.3 is 9.84 Å². The minimum Gasteiger partial charge on any atom is -0.857 e. The van der Waals surface area contributed by atoms with Crippen LogP contribution in [0.1, 0.15) is 40.5 Å². The summed E-state index contributed by atoms with van der Waals surface area (Å²) in [5.74, 6) is 0.249. The van der Waals surface area contributed by atoms with Gasteiger partial charge in [-0.3, -0.25) is 4.79 Å². The molecule has 1 rings (SSSR count). The van der Waals surface area contributed by atoms with Crippen molar-refractivity contribution in [3.63, 3.8) is 0 Å². The topological polar surface area (TPSA) is 69.7 Å². The fourth-order valence-electron chi connectivity index (χ4n) is 1.49. The third kappa shape index (κ3) is 7.86. The summed E-state index contributed by atoms with van der Waals surface area (Å²) in [4.78, 5) is 24.4. The van der Waals surface area contributed by atoms with Gasteiger partial charge >= 0.3 is 57.5 Å². The Bertz CT molecular complexity index is 276. The number of imide groups is 1. The molecule has 5 nitrogen and oxygen atoms in total. The molecule has 18 heavy (non-hydrogen) atoms. The third-order valence-electron chi connectivity index (χ3n) is 2.28. The first-order chi connectivity index (χ1) is 7.79. The first-order valence-electron chi connectivity index (χ1n) is 5.74. The second kappa shape index (κ2) is 9.44. The first kappa shape index (κ1) is 20.8. The predicted molar refractivity (Wildman–Crippen MR) is 62.3 cm³/mol. The third-order valence-corrected chi connectivity index (χ3v) is 2.28. The molecule has 100 valence electrons. The molecule has 1 heterocycles. The Kier molecular flexibility index (Phi) is 10.9. The molecule has 2 amide bonds. The van der Waals surface area contributed by atoms with Crippen LogP contribution in [0.3, 0.4) is 0 Å². The molecule has 0 bridgehead atoms. The van der Waals surface area contributed by atoms with E-state index in [0.29, 0.717) is 18.9 Å². The van der Waals surface area contributed by atoms with Crippen molar-refractivity contribution in [1.29, 1.82) is 0 Å². The van der Waals surface area contributed by atoms with Crippen molar-refractivity contribution in [3.05, 3.63) is 0 Å². The van der Waals surface area contributed by atoms with E-state index in [9.17, 15) is 9.59 Å². The summed E-state index contributed by atoms with van der Waals surface area (Å²) >= 11 is 0.